The van der Waals surface area contributed by atoms with Gasteiger partial charge in [0.25, 0.3) is 5.19 Å². The number of anilines is 1. The third kappa shape index (κ3) is 6.88. The minimum absolute atomic E-state index is 0.0705. The largest absolute Gasteiger partial charge is 0.467 e. The summed E-state index contributed by atoms with van der Waals surface area (Å²) in [4.78, 5) is 15.9. The molecule has 6 nitrogen and oxygen atoms in total. The van der Waals surface area contributed by atoms with Gasteiger partial charge in [0.15, 0.2) is 0 Å². The summed E-state index contributed by atoms with van der Waals surface area (Å²) in [7, 11) is 0. The Balaban J connectivity index is 2.40. The first kappa shape index (κ1) is 17.9. The minimum Gasteiger partial charge on any atom is -0.467 e. The van der Waals surface area contributed by atoms with Gasteiger partial charge in [-0.2, -0.15) is 0 Å². The van der Waals surface area contributed by atoms with Crippen molar-refractivity contribution in [2.24, 2.45) is 5.41 Å². The fraction of sp³-hybridized carbons (Fsp3) is 0.714. The summed E-state index contributed by atoms with van der Waals surface area (Å²) in [6.45, 7) is 10.2. The lowest BCUT2D eigenvalue weighted by molar-refractivity contribution is -0.123. The van der Waals surface area contributed by atoms with Crippen molar-refractivity contribution in [2.75, 3.05) is 18.5 Å². The summed E-state index contributed by atoms with van der Waals surface area (Å²) in [5, 5.41) is 16.7. The number of aliphatic hydroxyl groups excluding tert-OH is 1. The predicted molar refractivity (Wildman–Crippen MR) is 84.8 cm³/mol. The number of aliphatic hydroxyl groups is 1. The van der Waals surface area contributed by atoms with Gasteiger partial charge in [0, 0.05) is 18.0 Å². The first-order valence-corrected chi connectivity index (χ1v) is 7.81. The Morgan fingerprint density at radius 2 is 2.14 bits per heavy atom. The number of ether oxygens (including phenoxy) is 1. The molecule has 1 unspecified atom stereocenters. The molecule has 1 amide bonds. The number of hydrogen-bond donors (Lipinski definition) is 3. The molecular weight excluding hydrogens is 290 g/mol. The van der Waals surface area contributed by atoms with Crippen LogP contribution in [0.2, 0.25) is 0 Å². The summed E-state index contributed by atoms with van der Waals surface area (Å²) in [6.07, 6.45) is 0.964. The molecule has 0 aliphatic carbocycles. The van der Waals surface area contributed by atoms with Crippen molar-refractivity contribution in [3.05, 3.63) is 6.20 Å². The van der Waals surface area contributed by atoms with Crippen LogP contribution in [0.3, 0.4) is 0 Å². The van der Waals surface area contributed by atoms with Crippen molar-refractivity contribution in [2.45, 2.75) is 46.8 Å². The Hall–Kier alpha value is -1.18. The van der Waals surface area contributed by atoms with Crippen LogP contribution >= 0.6 is 11.3 Å². The summed E-state index contributed by atoms with van der Waals surface area (Å²) in [5.74, 6) is -0.0705. The zero-order chi connectivity index (χ0) is 16.0. The Kier molecular flexibility index (Phi) is 6.57. The molecule has 0 saturated carbocycles. The number of thiazole rings is 1. The van der Waals surface area contributed by atoms with Crippen LogP contribution in [0.15, 0.2) is 6.20 Å². The fourth-order valence-corrected chi connectivity index (χ4v) is 1.95. The lowest BCUT2D eigenvalue weighted by atomic mass is 9.96. The number of nitrogens with one attached hydrogen (secondary N) is 2. The quantitative estimate of drug-likeness (QED) is 0.715. The van der Waals surface area contributed by atoms with Crippen LogP contribution in [0.25, 0.3) is 0 Å². The zero-order valence-corrected chi connectivity index (χ0v) is 14.1. The second-order valence-electron chi connectivity index (χ2n) is 6.22. The summed E-state index contributed by atoms with van der Waals surface area (Å²) >= 11 is 1.25. The van der Waals surface area contributed by atoms with E-state index in [1.807, 2.05) is 34.6 Å². The fourth-order valence-electron chi connectivity index (χ4n) is 1.28. The van der Waals surface area contributed by atoms with Crippen molar-refractivity contribution >= 4 is 22.2 Å². The number of hydrogen-bond acceptors (Lipinski definition) is 6. The summed E-state index contributed by atoms with van der Waals surface area (Å²) < 4.78 is 5.41. The van der Waals surface area contributed by atoms with E-state index in [2.05, 4.69) is 15.6 Å². The molecule has 1 rings (SSSR count). The molecule has 0 radical (unpaired) electrons. The molecule has 3 N–H and O–H groups in total. The van der Waals surface area contributed by atoms with Crippen LogP contribution in [0, 0.1) is 5.41 Å². The number of amides is 1. The molecule has 0 aliphatic rings. The predicted octanol–water partition coefficient (Wildman–Crippen LogP) is 1.87. The molecule has 0 saturated heterocycles. The smallest absolute Gasteiger partial charge is 0.275 e. The minimum atomic E-state index is -0.594. The zero-order valence-electron chi connectivity index (χ0n) is 13.3. The number of carbonyl (C=O) groups is 1. The molecule has 0 bridgehead atoms. The number of aromatic nitrogens is 1. The Bertz CT molecular complexity index is 455. The van der Waals surface area contributed by atoms with Crippen molar-refractivity contribution in [1.29, 1.82) is 0 Å². The maximum atomic E-state index is 11.8. The number of nitrogens with zero attached hydrogens (tertiary/aromatic N) is 1. The van der Waals surface area contributed by atoms with Crippen molar-refractivity contribution in [3.8, 4) is 5.19 Å². The Morgan fingerprint density at radius 3 is 2.71 bits per heavy atom. The first-order valence-electron chi connectivity index (χ1n) is 7.00. The second kappa shape index (κ2) is 7.72. The van der Waals surface area contributed by atoms with E-state index in [1.54, 1.807) is 6.20 Å². The van der Waals surface area contributed by atoms with Crippen LogP contribution in [0.4, 0.5) is 5.00 Å². The molecule has 0 aliphatic heterocycles. The van der Waals surface area contributed by atoms with Crippen molar-refractivity contribution in [1.82, 2.24) is 10.3 Å². The molecule has 1 aromatic rings. The van der Waals surface area contributed by atoms with E-state index in [9.17, 15) is 9.90 Å². The average molecular weight is 315 g/mol. The molecule has 1 aromatic heterocycles. The highest BCUT2D eigenvalue weighted by Gasteiger charge is 2.22. The number of carbonyl (C=O) groups excluding carboxylic acids is 1. The van der Waals surface area contributed by atoms with Gasteiger partial charge in [0.1, 0.15) is 17.7 Å². The van der Waals surface area contributed by atoms with Gasteiger partial charge in [0.05, 0.1) is 6.20 Å². The van der Waals surface area contributed by atoms with E-state index in [0.29, 0.717) is 22.8 Å². The van der Waals surface area contributed by atoms with Crippen molar-refractivity contribution in [3.63, 3.8) is 0 Å². The Labute approximate surface area is 129 Å². The number of rotatable bonds is 7. The molecule has 0 aromatic carbocycles. The molecule has 1 heterocycles. The lowest BCUT2D eigenvalue weighted by Crippen LogP contribution is -2.35. The van der Waals surface area contributed by atoms with Gasteiger partial charge in [-0.05, 0) is 0 Å². The normalized spacial score (nSPS) is 13.3. The van der Waals surface area contributed by atoms with Crippen molar-refractivity contribution < 1.29 is 14.6 Å². The van der Waals surface area contributed by atoms with Crippen LogP contribution in [-0.4, -0.2) is 41.3 Å². The molecule has 1 atom stereocenters. The lowest BCUT2D eigenvalue weighted by Gasteiger charge is -2.16. The Morgan fingerprint density at radius 1 is 1.48 bits per heavy atom. The third-order valence-corrected chi connectivity index (χ3v) is 3.39. The highest BCUT2D eigenvalue weighted by molar-refractivity contribution is 7.17. The van der Waals surface area contributed by atoms with E-state index in [4.69, 9.17) is 4.74 Å². The molecule has 7 heteroatoms. The van der Waals surface area contributed by atoms with Gasteiger partial charge in [-0.1, -0.05) is 46.0 Å². The standard InChI is InChI=1S/C14H25N3O3S/c1-9(2)15-6-10(18)8-20-13-16-7-11(21-13)17-12(19)14(3,4)5/h7,9-10,15,18H,6,8H2,1-5H3,(H,17,19). The highest BCUT2D eigenvalue weighted by atomic mass is 32.1. The molecule has 120 valence electrons. The average Bonchev–Trinajstić information content (AvgIpc) is 2.80. The van der Waals surface area contributed by atoms with Gasteiger partial charge in [-0.25, -0.2) is 4.98 Å². The van der Waals surface area contributed by atoms with E-state index < -0.39 is 11.5 Å². The molecule has 21 heavy (non-hydrogen) atoms. The molecular formula is C14H25N3O3S. The molecule has 0 fully saturated rings. The summed E-state index contributed by atoms with van der Waals surface area (Å²) in [6, 6.07) is 0.318. The SMILES string of the molecule is CC(C)NCC(O)COc1ncc(NC(=O)C(C)(C)C)s1. The maximum Gasteiger partial charge on any atom is 0.275 e. The van der Waals surface area contributed by atoms with Gasteiger partial charge in [0.2, 0.25) is 5.91 Å². The highest BCUT2D eigenvalue weighted by Crippen LogP contribution is 2.27. The van der Waals surface area contributed by atoms with Crippen LogP contribution in [0.1, 0.15) is 34.6 Å². The first-order chi connectivity index (χ1) is 9.68. The van der Waals surface area contributed by atoms with Crippen LogP contribution in [-0.2, 0) is 4.79 Å². The topological polar surface area (TPSA) is 83.5 Å². The van der Waals surface area contributed by atoms with Crippen LogP contribution < -0.4 is 15.4 Å². The second-order valence-corrected chi connectivity index (χ2v) is 7.22. The monoisotopic (exact) mass is 315 g/mol. The van der Waals surface area contributed by atoms with Gasteiger partial charge < -0.3 is 20.5 Å². The molecule has 0 spiro atoms. The third-order valence-electron chi connectivity index (χ3n) is 2.56. The van der Waals surface area contributed by atoms with E-state index >= 15 is 0 Å². The van der Waals surface area contributed by atoms with E-state index in [-0.39, 0.29) is 12.5 Å². The van der Waals surface area contributed by atoms with Gasteiger partial charge >= 0.3 is 0 Å². The van der Waals surface area contributed by atoms with Gasteiger partial charge in [-0.15, -0.1) is 0 Å². The van der Waals surface area contributed by atoms with Crippen LogP contribution in [0.5, 0.6) is 5.19 Å². The maximum absolute atomic E-state index is 11.8. The van der Waals surface area contributed by atoms with E-state index in [1.165, 1.54) is 11.3 Å². The summed E-state index contributed by atoms with van der Waals surface area (Å²) in [5.41, 5.74) is -0.455. The van der Waals surface area contributed by atoms with Gasteiger partial charge in [-0.3, -0.25) is 4.79 Å². The van der Waals surface area contributed by atoms with E-state index in [0.717, 1.165) is 0 Å².